The Morgan fingerprint density at radius 2 is 1.79 bits per heavy atom. The molecule has 0 aromatic heterocycles. The maximum Gasteiger partial charge on any atom is 0.573 e. The van der Waals surface area contributed by atoms with Crippen molar-refractivity contribution >= 4 is 11.5 Å². The average molecular weight is 408 g/mol. The zero-order valence-corrected chi connectivity index (χ0v) is 16.5. The molecule has 2 bridgehead atoms. The minimum absolute atomic E-state index is 0.0798. The lowest BCUT2D eigenvalue weighted by Gasteiger charge is -2.49. The van der Waals surface area contributed by atoms with E-state index in [0.717, 1.165) is 6.07 Å². The van der Waals surface area contributed by atoms with E-state index in [0.29, 0.717) is 31.3 Å². The molecule has 0 unspecified atom stereocenters. The van der Waals surface area contributed by atoms with Crippen molar-refractivity contribution in [1.29, 1.82) is 5.26 Å². The lowest BCUT2D eigenvalue weighted by Crippen LogP contribution is -2.54. The van der Waals surface area contributed by atoms with Gasteiger partial charge in [0.25, 0.3) is 0 Å². The average Bonchev–Trinajstić information content (AvgIpc) is 2.60. The monoisotopic (exact) mass is 408 g/mol. The third-order valence-corrected chi connectivity index (χ3v) is 5.42. The molecular formula is C21H23F3N2O3. The Morgan fingerprint density at radius 1 is 1.17 bits per heavy atom. The van der Waals surface area contributed by atoms with Gasteiger partial charge in [0.05, 0.1) is 17.0 Å². The third-order valence-electron chi connectivity index (χ3n) is 5.42. The van der Waals surface area contributed by atoms with Crippen LogP contribution in [0.1, 0.15) is 57.6 Å². The third kappa shape index (κ3) is 4.25. The molecular weight excluding hydrogens is 385 g/mol. The first-order valence-corrected chi connectivity index (χ1v) is 9.33. The van der Waals surface area contributed by atoms with Gasteiger partial charge in [0.15, 0.2) is 0 Å². The summed E-state index contributed by atoms with van der Waals surface area (Å²) in [6.07, 6.45) is -1.53. The van der Waals surface area contributed by atoms with E-state index in [1.807, 2.05) is 6.07 Å². The summed E-state index contributed by atoms with van der Waals surface area (Å²) in [7, 11) is 0. The van der Waals surface area contributed by atoms with Crippen LogP contribution in [0.25, 0.3) is 5.57 Å². The number of alkyl halides is 3. The standard InChI is InChI=1S/C21H23F3N2O3/c1-18(2,3)29-17(27)19-6-8-20(26,9-7-19)15(11-19)14-10-13(12-25)4-5-16(14)28-21(22,23)24/h4-5,10-11H,6-9,26H2,1-3H3. The molecule has 3 aliphatic carbocycles. The summed E-state index contributed by atoms with van der Waals surface area (Å²) in [5.41, 5.74) is 4.63. The highest BCUT2D eigenvalue weighted by atomic mass is 19.4. The molecule has 2 N–H and O–H groups in total. The highest BCUT2D eigenvalue weighted by Crippen LogP contribution is 2.55. The first kappa shape index (κ1) is 21.2. The second-order valence-corrected chi connectivity index (χ2v) is 8.74. The Bertz CT molecular complexity index is 899. The number of esters is 1. The van der Waals surface area contributed by atoms with Crippen LogP contribution in [0.5, 0.6) is 5.75 Å². The number of nitriles is 1. The van der Waals surface area contributed by atoms with E-state index >= 15 is 0 Å². The Labute approximate surface area is 167 Å². The van der Waals surface area contributed by atoms with Gasteiger partial charge in [0.1, 0.15) is 11.4 Å². The van der Waals surface area contributed by atoms with E-state index in [1.165, 1.54) is 12.1 Å². The predicted molar refractivity (Wildman–Crippen MR) is 99.5 cm³/mol. The molecule has 8 heteroatoms. The van der Waals surface area contributed by atoms with Crippen molar-refractivity contribution in [3.63, 3.8) is 0 Å². The molecule has 0 radical (unpaired) electrons. The molecule has 156 valence electrons. The summed E-state index contributed by atoms with van der Waals surface area (Å²) >= 11 is 0. The molecule has 1 aromatic carbocycles. The van der Waals surface area contributed by atoms with Crippen LogP contribution >= 0.6 is 0 Å². The Hall–Kier alpha value is -2.53. The Kier molecular flexibility index (Phi) is 4.94. The summed E-state index contributed by atoms with van der Waals surface area (Å²) in [6, 6.07) is 5.60. The van der Waals surface area contributed by atoms with Crippen molar-refractivity contribution < 1.29 is 27.4 Å². The number of carbonyl (C=O) groups is 1. The maximum absolute atomic E-state index is 12.9. The van der Waals surface area contributed by atoms with E-state index in [9.17, 15) is 23.2 Å². The van der Waals surface area contributed by atoms with Crippen LogP contribution in [-0.2, 0) is 9.53 Å². The van der Waals surface area contributed by atoms with Crippen LogP contribution in [0.2, 0.25) is 0 Å². The summed E-state index contributed by atoms with van der Waals surface area (Å²) in [5.74, 6) is -0.863. The van der Waals surface area contributed by atoms with E-state index in [4.69, 9.17) is 10.5 Å². The molecule has 1 fully saturated rings. The summed E-state index contributed by atoms with van der Waals surface area (Å²) in [4.78, 5) is 12.9. The minimum atomic E-state index is -4.90. The number of benzene rings is 1. The highest BCUT2D eigenvalue weighted by molar-refractivity contribution is 5.89. The Balaban J connectivity index is 2.13. The van der Waals surface area contributed by atoms with E-state index in [1.54, 1.807) is 26.8 Å². The minimum Gasteiger partial charge on any atom is -0.459 e. The second-order valence-electron chi connectivity index (χ2n) is 8.74. The number of hydrogen-bond acceptors (Lipinski definition) is 5. The molecule has 3 aliphatic rings. The lowest BCUT2D eigenvalue weighted by molar-refractivity contribution is -0.274. The van der Waals surface area contributed by atoms with Crippen LogP contribution in [0.4, 0.5) is 13.2 Å². The lowest BCUT2D eigenvalue weighted by atomic mass is 9.57. The van der Waals surface area contributed by atoms with E-state index in [2.05, 4.69) is 4.74 Å². The van der Waals surface area contributed by atoms with Crippen LogP contribution in [0.15, 0.2) is 24.3 Å². The van der Waals surface area contributed by atoms with Gasteiger partial charge >= 0.3 is 12.3 Å². The van der Waals surface area contributed by atoms with Gasteiger partial charge in [-0.2, -0.15) is 5.26 Å². The molecule has 1 saturated carbocycles. The molecule has 0 spiro atoms. The van der Waals surface area contributed by atoms with Gasteiger partial charge in [0, 0.05) is 11.1 Å². The first-order chi connectivity index (χ1) is 13.3. The molecule has 0 aliphatic heterocycles. The van der Waals surface area contributed by atoms with Gasteiger partial charge in [-0.1, -0.05) is 6.08 Å². The van der Waals surface area contributed by atoms with Crippen LogP contribution in [0.3, 0.4) is 0 Å². The first-order valence-electron chi connectivity index (χ1n) is 9.33. The van der Waals surface area contributed by atoms with Gasteiger partial charge in [-0.05, 0) is 70.2 Å². The molecule has 4 rings (SSSR count). The topological polar surface area (TPSA) is 85.3 Å². The van der Waals surface area contributed by atoms with Gasteiger partial charge in [-0.25, -0.2) is 0 Å². The fourth-order valence-electron chi connectivity index (χ4n) is 3.99. The number of halogens is 3. The molecule has 5 nitrogen and oxygen atoms in total. The SMILES string of the molecule is CC(C)(C)OC(=O)C12C=C(c3cc(C#N)ccc3OC(F)(F)F)C(N)(CC1)CC2. The largest absolute Gasteiger partial charge is 0.573 e. The zero-order chi connectivity index (χ0) is 21.7. The van der Waals surface area contributed by atoms with Gasteiger partial charge in [0.2, 0.25) is 0 Å². The number of fused-ring (bicyclic) bond motifs is 2. The molecule has 29 heavy (non-hydrogen) atoms. The van der Waals surface area contributed by atoms with Crippen molar-refractivity contribution in [3.8, 4) is 11.8 Å². The summed E-state index contributed by atoms with van der Waals surface area (Å²) in [5, 5.41) is 9.21. The van der Waals surface area contributed by atoms with Crippen molar-refractivity contribution in [2.24, 2.45) is 11.1 Å². The normalized spacial score (nSPS) is 26.5. The quantitative estimate of drug-likeness (QED) is 0.747. The summed E-state index contributed by atoms with van der Waals surface area (Å²) < 4.78 is 48.6. The number of hydrogen-bond donors (Lipinski definition) is 1. The fourth-order valence-corrected chi connectivity index (χ4v) is 3.99. The smallest absolute Gasteiger partial charge is 0.459 e. The fraction of sp³-hybridized carbons (Fsp3) is 0.524. The van der Waals surface area contributed by atoms with Crippen LogP contribution in [0, 0.1) is 16.7 Å². The molecule has 0 saturated heterocycles. The van der Waals surface area contributed by atoms with Crippen molar-refractivity contribution in [2.45, 2.75) is 64.0 Å². The van der Waals surface area contributed by atoms with Gasteiger partial charge in [-0.3, -0.25) is 4.79 Å². The number of carbonyl (C=O) groups excluding carboxylic acids is 1. The molecule has 1 aromatic rings. The number of nitrogens with two attached hydrogens (primary N) is 1. The molecule has 0 amide bonds. The maximum atomic E-state index is 12.9. The van der Waals surface area contributed by atoms with E-state index in [-0.39, 0.29) is 11.1 Å². The van der Waals surface area contributed by atoms with Crippen LogP contribution < -0.4 is 10.5 Å². The van der Waals surface area contributed by atoms with Crippen molar-refractivity contribution in [2.75, 3.05) is 0 Å². The number of nitrogens with zero attached hydrogens (tertiary/aromatic N) is 1. The Morgan fingerprint density at radius 3 is 2.31 bits per heavy atom. The van der Waals surface area contributed by atoms with Gasteiger partial charge in [-0.15, -0.1) is 13.2 Å². The van der Waals surface area contributed by atoms with Crippen molar-refractivity contribution in [1.82, 2.24) is 0 Å². The van der Waals surface area contributed by atoms with Crippen LogP contribution in [-0.4, -0.2) is 23.5 Å². The van der Waals surface area contributed by atoms with Gasteiger partial charge < -0.3 is 15.2 Å². The van der Waals surface area contributed by atoms with E-state index < -0.39 is 34.6 Å². The second kappa shape index (κ2) is 6.77. The molecule has 0 atom stereocenters. The predicted octanol–water partition coefficient (Wildman–Crippen LogP) is 4.45. The highest BCUT2D eigenvalue weighted by Gasteiger charge is 2.53. The summed E-state index contributed by atoms with van der Waals surface area (Å²) in [6.45, 7) is 5.28. The number of rotatable bonds is 3. The number of ether oxygens (including phenoxy) is 2. The van der Waals surface area contributed by atoms with Crippen molar-refractivity contribution in [3.05, 3.63) is 35.4 Å². The zero-order valence-electron chi connectivity index (χ0n) is 16.5. The molecule has 0 heterocycles.